The van der Waals surface area contributed by atoms with Gasteiger partial charge < -0.3 is 14.1 Å². The van der Waals surface area contributed by atoms with Crippen LogP contribution in [0.3, 0.4) is 0 Å². The molecular weight excluding hydrogens is 420 g/mol. The molecule has 2 aromatic heterocycles. The van der Waals surface area contributed by atoms with Crippen LogP contribution in [0.4, 0.5) is 0 Å². The molecule has 1 saturated carbocycles. The second-order valence-corrected chi connectivity index (χ2v) is 8.81. The van der Waals surface area contributed by atoms with Crippen LogP contribution >= 0.6 is 11.3 Å². The molecule has 4 rings (SSSR count). The van der Waals surface area contributed by atoms with Gasteiger partial charge in [0.05, 0.1) is 29.9 Å². The highest BCUT2D eigenvalue weighted by Gasteiger charge is 2.47. The molecule has 0 aromatic carbocycles. The van der Waals surface area contributed by atoms with E-state index < -0.39 is 0 Å². The Morgan fingerprint density at radius 1 is 1.26 bits per heavy atom. The largest absolute Gasteiger partial charge is 0.418 e. The quantitative estimate of drug-likeness (QED) is 0.544. The molecule has 31 heavy (non-hydrogen) atoms. The van der Waals surface area contributed by atoms with Gasteiger partial charge >= 0.3 is 0 Å². The number of nitrogens with zero attached hydrogens (tertiary/aromatic N) is 4. The number of aromatic nitrogens is 2. The maximum atomic E-state index is 12.9. The van der Waals surface area contributed by atoms with Crippen molar-refractivity contribution in [2.75, 3.05) is 26.8 Å². The smallest absolute Gasteiger partial charge is 0.257 e. The number of hydrogen-bond donors (Lipinski definition) is 0. The fourth-order valence-corrected chi connectivity index (χ4v) is 4.94. The lowest BCUT2D eigenvalue weighted by Gasteiger charge is -2.22. The van der Waals surface area contributed by atoms with Gasteiger partial charge in [0, 0.05) is 26.6 Å². The average molecular weight is 447 g/mol. The minimum atomic E-state index is -0.199. The van der Waals surface area contributed by atoms with Crippen LogP contribution in [-0.2, 0) is 25.7 Å². The summed E-state index contributed by atoms with van der Waals surface area (Å²) in [6, 6.07) is 3.78. The predicted molar refractivity (Wildman–Crippen MR) is 112 cm³/mol. The minimum Gasteiger partial charge on any atom is -0.418 e. The zero-order valence-electron chi connectivity index (χ0n) is 17.5. The summed E-state index contributed by atoms with van der Waals surface area (Å²) in [7, 11) is 1.56. The maximum Gasteiger partial charge on any atom is 0.257 e. The molecule has 9 nitrogen and oxygen atoms in total. The molecular formula is C21H26N4O5S. The molecule has 1 aliphatic heterocycles. The van der Waals surface area contributed by atoms with Gasteiger partial charge in [0.25, 0.3) is 5.89 Å². The highest BCUT2D eigenvalue weighted by Crippen LogP contribution is 2.38. The lowest BCUT2D eigenvalue weighted by atomic mass is 9.81. The van der Waals surface area contributed by atoms with Crippen LogP contribution < -0.4 is 0 Å². The SMILES string of the molecule is COCCN(Cc1nnc(-c2cccs2)o1)C(=O)CCN1C(=O)[C@H]2CCCC[C@@H]2C1=O. The van der Waals surface area contributed by atoms with Crippen molar-refractivity contribution in [3.8, 4) is 10.8 Å². The summed E-state index contributed by atoms with van der Waals surface area (Å²) in [4.78, 5) is 41.9. The topological polar surface area (TPSA) is 106 Å². The Bertz CT molecular complexity index is 904. The third-order valence-electron chi connectivity index (χ3n) is 5.92. The molecule has 1 saturated heterocycles. The second-order valence-electron chi connectivity index (χ2n) is 7.86. The summed E-state index contributed by atoms with van der Waals surface area (Å²) in [5.41, 5.74) is 0. The Hall–Kier alpha value is -2.59. The van der Waals surface area contributed by atoms with E-state index in [1.807, 2.05) is 17.5 Å². The van der Waals surface area contributed by atoms with Gasteiger partial charge in [-0.1, -0.05) is 18.9 Å². The first kappa shape index (κ1) is 21.6. The van der Waals surface area contributed by atoms with Crippen molar-refractivity contribution in [3.63, 3.8) is 0 Å². The molecule has 1 aliphatic carbocycles. The van der Waals surface area contributed by atoms with Crippen LogP contribution in [0.25, 0.3) is 10.8 Å². The standard InChI is InChI=1S/C21H26N4O5S/c1-29-11-10-24(13-17-22-23-19(30-17)16-7-4-12-31-16)18(26)8-9-25-20(27)14-5-2-3-6-15(14)21(25)28/h4,7,12,14-15H,2-3,5-6,8-11,13H2,1H3/t14-,15-/m0/s1. The van der Waals surface area contributed by atoms with E-state index in [9.17, 15) is 14.4 Å². The van der Waals surface area contributed by atoms with E-state index >= 15 is 0 Å². The van der Waals surface area contributed by atoms with Crippen molar-refractivity contribution in [2.45, 2.75) is 38.6 Å². The highest BCUT2D eigenvalue weighted by molar-refractivity contribution is 7.13. The van der Waals surface area contributed by atoms with Crippen molar-refractivity contribution < 1.29 is 23.5 Å². The number of imide groups is 1. The van der Waals surface area contributed by atoms with Gasteiger partial charge in [-0.3, -0.25) is 19.3 Å². The van der Waals surface area contributed by atoms with E-state index in [1.54, 1.807) is 12.0 Å². The summed E-state index contributed by atoms with van der Waals surface area (Å²) in [5, 5.41) is 10.0. The number of ether oxygens (including phenoxy) is 1. The van der Waals surface area contributed by atoms with Gasteiger partial charge in [-0.15, -0.1) is 21.5 Å². The van der Waals surface area contributed by atoms with Gasteiger partial charge in [-0.25, -0.2) is 0 Å². The van der Waals surface area contributed by atoms with Crippen molar-refractivity contribution in [3.05, 3.63) is 23.4 Å². The number of likely N-dealkylation sites (tertiary alicyclic amines) is 1. The number of carbonyl (C=O) groups excluding carboxylic acids is 3. The fraction of sp³-hybridized carbons (Fsp3) is 0.571. The number of fused-ring (bicyclic) bond motifs is 1. The van der Waals surface area contributed by atoms with Crippen LogP contribution in [0.15, 0.2) is 21.9 Å². The third-order valence-corrected chi connectivity index (χ3v) is 6.78. The highest BCUT2D eigenvalue weighted by atomic mass is 32.1. The molecule has 0 unspecified atom stereocenters. The molecule has 0 N–H and O–H groups in total. The van der Waals surface area contributed by atoms with Gasteiger partial charge in [-0.2, -0.15) is 0 Å². The minimum absolute atomic E-state index is 0.0621. The number of methoxy groups -OCH3 is 1. The molecule has 3 heterocycles. The molecule has 0 bridgehead atoms. The summed E-state index contributed by atoms with van der Waals surface area (Å²) in [6.07, 6.45) is 3.56. The molecule has 10 heteroatoms. The van der Waals surface area contributed by atoms with E-state index in [-0.39, 0.29) is 49.1 Å². The van der Waals surface area contributed by atoms with Crippen LogP contribution in [0.5, 0.6) is 0 Å². The molecule has 0 radical (unpaired) electrons. The molecule has 2 aromatic rings. The molecule has 2 aliphatic rings. The number of hydrogen-bond acceptors (Lipinski definition) is 8. The lowest BCUT2D eigenvalue weighted by Crippen LogP contribution is -2.38. The van der Waals surface area contributed by atoms with Crippen LogP contribution in [-0.4, -0.2) is 64.5 Å². The Labute approximate surface area is 184 Å². The summed E-state index contributed by atoms with van der Waals surface area (Å²) in [6.45, 7) is 0.952. The number of carbonyl (C=O) groups is 3. The van der Waals surface area contributed by atoms with E-state index in [0.29, 0.717) is 24.9 Å². The fourth-order valence-electron chi connectivity index (χ4n) is 4.29. The zero-order valence-corrected chi connectivity index (χ0v) is 18.3. The van der Waals surface area contributed by atoms with Gasteiger partial charge in [0.15, 0.2) is 0 Å². The molecule has 166 valence electrons. The first-order valence-corrected chi connectivity index (χ1v) is 11.4. The first-order valence-electron chi connectivity index (χ1n) is 10.6. The summed E-state index contributed by atoms with van der Waals surface area (Å²) in [5.74, 6) is -0.0903. The predicted octanol–water partition coefficient (Wildman–Crippen LogP) is 2.34. The zero-order chi connectivity index (χ0) is 21.8. The maximum absolute atomic E-state index is 12.9. The monoisotopic (exact) mass is 446 g/mol. The van der Waals surface area contributed by atoms with E-state index in [0.717, 1.165) is 30.6 Å². The van der Waals surface area contributed by atoms with E-state index in [2.05, 4.69) is 10.2 Å². The van der Waals surface area contributed by atoms with Crippen LogP contribution in [0, 0.1) is 11.8 Å². The van der Waals surface area contributed by atoms with E-state index in [4.69, 9.17) is 9.15 Å². The summed E-state index contributed by atoms with van der Waals surface area (Å²) < 4.78 is 10.8. The first-order chi connectivity index (χ1) is 15.1. The number of rotatable bonds is 9. The molecule has 2 fully saturated rings. The Balaban J connectivity index is 1.38. The molecule has 0 spiro atoms. The Kier molecular flexibility index (Phi) is 6.77. The second kappa shape index (κ2) is 9.69. The van der Waals surface area contributed by atoms with Crippen molar-refractivity contribution in [1.29, 1.82) is 0 Å². The van der Waals surface area contributed by atoms with Crippen molar-refractivity contribution >= 4 is 29.1 Å². The van der Waals surface area contributed by atoms with Gasteiger partial charge in [0.1, 0.15) is 0 Å². The van der Waals surface area contributed by atoms with Gasteiger partial charge in [-0.05, 0) is 24.3 Å². The average Bonchev–Trinajstić information content (AvgIpc) is 3.52. The lowest BCUT2D eigenvalue weighted by molar-refractivity contribution is -0.141. The third kappa shape index (κ3) is 4.69. The number of amides is 3. The van der Waals surface area contributed by atoms with Crippen molar-refractivity contribution in [2.24, 2.45) is 11.8 Å². The number of thiophene rings is 1. The Morgan fingerprint density at radius 3 is 2.65 bits per heavy atom. The molecule has 2 atom stereocenters. The van der Waals surface area contributed by atoms with Crippen LogP contribution in [0.1, 0.15) is 38.0 Å². The molecule has 3 amide bonds. The van der Waals surface area contributed by atoms with E-state index in [1.165, 1.54) is 16.2 Å². The Morgan fingerprint density at radius 2 is 2.00 bits per heavy atom. The van der Waals surface area contributed by atoms with Gasteiger partial charge in [0.2, 0.25) is 23.6 Å². The van der Waals surface area contributed by atoms with Crippen LogP contribution in [0.2, 0.25) is 0 Å². The normalized spacial score (nSPS) is 20.9. The van der Waals surface area contributed by atoms with Crippen molar-refractivity contribution in [1.82, 2.24) is 20.0 Å². The summed E-state index contributed by atoms with van der Waals surface area (Å²) >= 11 is 1.49.